The van der Waals surface area contributed by atoms with Crippen molar-refractivity contribution in [1.82, 2.24) is 19.1 Å². The molecule has 41 heavy (non-hydrogen) atoms. The Kier molecular flexibility index (Phi) is 7.02. The maximum Gasteiger partial charge on any atom is 0.337 e. The highest BCUT2D eigenvalue weighted by molar-refractivity contribution is 7.13. The number of hydrogen-bond donors (Lipinski definition) is 0. The number of thiophene rings is 2. The summed E-state index contributed by atoms with van der Waals surface area (Å²) in [5, 5.41) is 4.22. The summed E-state index contributed by atoms with van der Waals surface area (Å²) in [5.74, 6) is 2.08. The van der Waals surface area contributed by atoms with Crippen LogP contribution in [0, 0.1) is 5.92 Å². The molecule has 6 nitrogen and oxygen atoms in total. The van der Waals surface area contributed by atoms with Crippen molar-refractivity contribution >= 4 is 50.7 Å². The average Bonchev–Trinajstić information content (AvgIpc) is 3.83. The van der Waals surface area contributed by atoms with Crippen LogP contribution in [0.5, 0.6) is 0 Å². The molecule has 0 amide bonds. The van der Waals surface area contributed by atoms with E-state index in [2.05, 4.69) is 74.5 Å². The van der Waals surface area contributed by atoms with Crippen LogP contribution in [-0.2, 0) is 17.8 Å². The number of fused-ring (bicyclic) bond motifs is 2. The predicted octanol–water partition coefficient (Wildman–Crippen LogP) is 8.42. The lowest BCUT2D eigenvalue weighted by atomic mass is 9.93. The number of hydrogen-bond acceptors (Lipinski definition) is 6. The van der Waals surface area contributed by atoms with Gasteiger partial charge in [-0.3, -0.25) is 0 Å². The molecule has 206 valence electrons. The van der Waals surface area contributed by atoms with Gasteiger partial charge in [0.05, 0.1) is 46.2 Å². The van der Waals surface area contributed by atoms with Crippen molar-refractivity contribution in [3.05, 3.63) is 94.0 Å². The zero-order chi connectivity index (χ0) is 27.8. The molecule has 0 saturated carbocycles. The molecule has 0 bridgehead atoms. The highest BCUT2D eigenvalue weighted by atomic mass is 32.1. The van der Waals surface area contributed by atoms with Crippen LogP contribution in [0.15, 0.2) is 83.6 Å². The number of para-hydroxylation sites is 1. The predicted molar refractivity (Wildman–Crippen MR) is 168 cm³/mol. The van der Waals surface area contributed by atoms with Crippen LogP contribution < -0.4 is 0 Å². The van der Waals surface area contributed by atoms with Gasteiger partial charge in [-0.2, -0.15) is 0 Å². The Balaban J connectivity index is 1.43. The number of allylic oxidation sites excluding steroid dienone is 2. The minimum absolute atomic E-state index is 0.355. The van der Waals surface area contributed by atoms with E-state index in [1.807, 2.05) is 18.2 Å². The Morgan fingerprint density at radius 2 is 1.85 bits per heavy atom. The molecule has 1 aliphatic rings. The Bertz CT molecular complexity index is 1860. The van der Waals surface area contributed by atoms with Crippen LogP contribution in [0.2, 0.25) is 0 Å². The summed E-state index contributed by atoms with van der Waals surface area (Å²) in [6.45, 7) is 1.57. The van der Waals surface area contributed by atoms with Gasteiger partial charge in [0.15, 0.2) is 5.82 Å². The number of aromatic nitrogens is 4. The third kappa shape index (κ3) is 4.91. The largest absolute Gasteiger partial charge is 0.465 e. The van der Waals surface area contributed by atoms with Crippen molar-refractivity contribution in [1.29, 1.82) is 0 Å². The highest BCUT2D eigenvalue weighted by Crippen LogP contribution is 2.37. The van der Waals surface area contributed by atoms with E-state index in [0.29, 0.717) is 11.5 Å². The van der Waals surface area contributed by atoms with Gasteiger partial charge in [0.2, 0.25) is 0 Å². The molecule has 0 radical (unpaired) electrons. The first-order valence-corrected chi connectivity index (χ1v) is 15.8. The summed E-state index contributed by atoms with van der Waals surface area (Å²) in [4.78, 5) is 25.1. The van der Waals surface area contributed by atoms with Crippen LogP contribution in [0.4, 0.5) is 0 Å². The Labute approximate surface area is 246 Å². The molecule has 7 rings (SSSR count). The van der Waals surface area contributed by atoms with Gasteiger partial charge in [0.1, 0.15) is 5.82 Å². The molecule has 0 spiro atoms. The van der Waals surface area contributed by atoms with E-state index in [1.54, 1.807) is 22.7 Å². The van der Waals surface area contributed by atoms with E-state index in [9.17, 15) is 4.79 Å². The Morgan fingerprint density at radius 3 is 2.63 bits per heavy atom. The van der Waals surface area contributed by atoms with Gasteiger partial charge in [-0.25, -0.2) is 14.8 Å². The lowest BCUT2D eigenvalue weighted by molar-refractivity contribution is 0.0601. The summed E-state index contributed by atoms with van der Waals surface area (Å²) >= 11 is 3.46. The minimum Gasteiger partial charge on any atom is -0.465 e. The van der Waals surface area contributed by atoms with E-state index >= 15 is 0 Å². The average molecular weight is 579 g/mol. The zero-order valence-corrected chi connectivity index (χ0v) is 24.5. The van der Waals surface area contributed by atoms with E-state index in [1.165, 1.54) is 31.2 Å². The summed E-state index contributed by atoms with van der Waals surface area (Å²) in [5.41, 5.74) is 5.39. The fraction of sp³-hybridized carbons (Fsp3) is 0.242. The van der Waals surface area contributed by atoms with E-state index in [4.69, 9.17) is 14.7 Å². The fourth-order valence-electron chi connectivity index (χ4n) is 5.90. The normalized spacial score (nSPS) is 15.2. The third-order valence-corrected chi connectivity index (χ3v) is 9.62. The van der Waals surface area contributed by atoms with Gasteiger partial charge in [0.25, 0.3) is 0 Å². The third-order valence-electron chi connectivity index (χ3n) is 7.89. The molecule has 2 aromatic carbocycles. The fourth-order valence-corrected chi connectivity index (χ4v) is 7.31. The van der Waals surface area contributed by atoms with Crippen LogP contribution in [0.3, 0.4) is 0 Å². The lowest BCUT2D eigenvalue weighted by Crippen LogP contribution is -2.09. The maximum absolute atomic E-state index is 12.4. The number of imidazole rings is 2. The number of rotatable bonds is 8. The van der Waals surface area contributed by atoms with Crippen molar-refractivity contribution in [2.75, 3.05) is 7.11 Å². The molecule has 0 fully saturated rings. The Morgan fingerprint density at radius 1 is 0.976 bits per heavy atom. The first-order valence-electron chi connectivity index (χ1n) is 14.0. The summed E-state index contributed by atoms with van der Waals surface area (Å²) < 4.78 is 9.68. The molecule has 1 atom stereocenters. The number of carbonyl (C=O) groups excluding carboxylic acids is 1. The molecule has 0 aliphatic heterocycles. The number of ether oxygens (including phenoxy) is 1. The molecule has 8 heteroatoms. The van der Waals surface area contributed by atoms with Gasteiger partial charge in [-0.1, -0.05) is 30.4 Å². The van der Waals surface area contributed by atoms with Gasteiger partial charge in [-0.05, 0) is 84.8 Å². The standard InChI is InChI=1S/C33H30N4O2S2/c1-39-33(38)23-14-15-28-27(20-23)35-31(36(28)17-16-22-8-3-2-4-9-22)25-11-5-12-26-30(25)37(21-24-10-6-18-40-24)32(34-26)29-13-7-19-41-29/h3,5-8,10-15,18-20,22H,2,4,9,16-17,21H2,1H3. The molecule has 1 unspecified atom stereocenters. The summed E-state index contributed by atoms with van der Waals surface area (Å²) in [6.07, 6.45) is 9.38. The second-order valence-corrected chi connectivity index (χ2v) is 12.4. The van der Waals surface area contributed by atoms with Gasteiger partial charge >= 0.3 is 5.97 Å². The Hall–Kier alpha value is -4.01. The molecule has 0 N–H and O–H groups in total. The molecular formula is C33H30N4O2S2. The summed E-state index contributed by atoms with van der Waals surface area (Å²) in [7, 11) is 1.41. The lowest BCUT2D eigenvalue weighted by Gasteiger charge is -2.18. The smallest absolute Gasteiger partial charge is 0.337 e. The van der Waals surface area contributed by atoms with Crippen molar-refractivity contribution < 1.29 is 9.53 Å². The van der Waals surface area contributed by atoms with E-state index < -0.39 is 0 Å². The number of nitrogens with zero attached hydrogens (tertiary/aromatic N) is 4. The molecule has 1 aliphatic carbocycles. The zero-order valence-electron chi connectivity index (χ0n) is 22.8. The minimum atomic E-state index is -0.355. The number of esters is 1. The second-order valence-electron chi connectivity index (χ2n) is 10.4. The topological polar surface area (TPSA) is 61.9 Å². The van der Waals surface area contributed by atoms with Crippen LogP contribution in [0.1, 0.15) is 40.9 Å². The molecular weight excluding hydrogens is 549 g/mol. The van der Waals surface area contributed by atoms with Crippen molar-refractivity contribution in [3.63, 3.8) is 0 Å². The number of aryl methyl sites for hydroxylation is 1. The van der Waals surface area contributed by atoms with Crippen molar-refractivity contribution in [2.45, 2.75) is 38.8 Å². The number of carbonyl (C=O) groups is 1. The quantitative estimate of drug-likeness (QED) is 0.134. The first kappa shape index (κ1) is 25.9. The van der Waals surface area contributed by atoms with Gasteiger partial charge in [-0.15, -0.1) is 22.7 Å². The van der Waals surface area contributed by atoms with Gasteiger partial charge < -0.3 is 13.9 Å². The van der Waals surface area contributed by atoms with Crippen LogP contribution in [0.25, 0.3) is 44.2 Å². The first-order chi connectivity index (χ1) is 20.2. The summed E-state index contributed by atoms with van der Waals surface area (Å²) in [6, 6.07) is 20.5. The molecule has 0 saturated heterocycles. The molecule has 4 aromatic heterocycles. The maximum atomic E-state index is 12.4. The van der Waals surface area contributed by atoms with Crippen LogP contribution in [-0.4, -0.2) is 32.2 Å². The van der Waals surface area contributed by atoms with Crippen molar-refractivity contribution in [2.24, 2.45) is 5.92 Å². The number of methoxy groups -OCH3 is 1. The highest BCUT2D eigenvalue weighted by Gasteiger charge is 2.23. The molecule has 4 heterocycles. The number of benzene rings is 2. The molecule has 6 aromatic rings. The van der Waals surface area contributed by atoms with Gasteiger partial charge in [0, 0.05) is 17.0 Å². The van der Waals surface area contributed by atoms with Crippen molar-refractivity contribution in [3.8, 4) is 22.1 Å². The van der Waals surface area contributed by atoms with E-state index in [-0.39, 0.29) is 5.97 Å². The van der Waals surface area contributed by atoms with Crippen LogP contribution >= 0.6 is 22.7 Å². The van der Waals surface area contributed by atoms with E-state index in [0.717, 1.165) is 63.7 Å². The monoisotopic (exact) mass is 578 g/mol. The SMILES string of the molecule is COC(=O)c1ccc2c(c1)nc(-c1cccc3nc(-c4cccs4)n(Cc4cccs4)c13)n2CCC1C=CCCC1. The second kappa shape index (κ2) is 11.1.